The van der Waals surface area contributed by atoms with Gasteiger partial charge in [0.15, 0.2) is 0 Å². The number of hydrogen-bond acceptors (Lipinski definition) is 2. The molecule has 0 aromatic heterocycles. The molecule has 2 nitrogen and oxygen atoms in total. The Bertz CT molecular complexity index is 375. The monoisotopic (exact) mass is 260 g/mol. The topological polar surface area (TPSA) is 26.3 Å². The fourth-order valence-corrected chi connectivity index (χ4v) is 1.47. The molecule has 0 N–H and O–H groups in total. The second-order valence-electron chi connectivity index (χ2n) is 3.79. The molecule has 0 saturated heterocycles. The van der Waals surface area contributed by atoms with Gasteiger partial charge in [0, 0.05) is 23.4 Å². The Hall–Kier alpha value is -0.730. The molecule has 0 aliphatic carbocycles. The fraction of sp³-hybridized carbons (Fsp3) is 0.417. The molecule has 0 heterocycles. The van der Waals surface area contributed by atoms with E-state index < -0.39 is 0 Å². The zero-order valence-corrected chi connectivity index (χ0v) is 10.8. The van der Waals surface area contributed by atoms with Crippen LogP contribution in [0.4, 0.5) is 0 Å². The number of ether oxygens (including phenoxy) is 1. The van der Waals surface area contributed by atoms with Crippen LogP contribution >= 0.6 is 23.2 Å². The molecular weight excluding hydrogens is 247 g/mol. The summed E-state index contributed by atoms with van der Waals surface area (Å²) in [4.78, 5) is 11.3. The van der Waals surface area contributed by atoms with Gasteiger partial charge in [-0.15, -0.1) is 0 Å². The van der Waals surface area contributed by atoms with Crippen molar-refractivity contribution in [3.05, 3.63) is 28.2 Å². The van der Waals surface area contributed by atoms with E-state index in [9.17, 15) is 4.79 Å². The van der Waals surface area contributed by atoms with Crippen molar-refractivity contribution in [3.8, 4) is 5.75 Å². The van der Waals surface area contributed by atoms with Crippen LogP contribution in [0.5, 0.6) is 5.75 Å². The van der Waals surface area contributed by atoms with Crippen molar-refractivity contribution < 1.29 is 9.53 Å². The molecule has 4 heteroatoms. The van der Waals surface area contributed by atoms with Gasteiger partial charge in [-0.25, -0.2) is 0 Å². The average molecular weight is 261 g/mol. The maximum atomic E-state index is 11.3. The standard InChI is InChI=1S/C12H14Cl2O2/c1-8(2)11(15)5-6-16-12-7-9(13)3-4-10(12)14/h3-4,7-8H,5-6H2,1-2H3. The lowest BCUT2D eigenvalue weighted by atomic mass is 10.1. The highest BCUT2D eigenvalue weighted by atomic mass is 35.5. The molecule has 0 spiro atoms. The molecule has 0 saturated carbocycles. The van der Waals surface area contributed by atoms with Crippen molar-refractivity contribution in [2.75, 3.05) is 6.61 Å². The van der Waals surface area contributed by atoms with Crippen LogP contribution in [0.25, 0.3) is 0 Å². The molecule has 0 amide bonds. The van der Waals surface area contributed by atoms with Crippen molar-refractivity contribution >= 4 is 29.0 Å². The highest BCUT2D eigenvalue weighted by Crippen LogP contribution is 2.27. The lowest BCUT2D eigenvalue weighted by molar-refractivity contribution is -0.122. The van der Waals surface area contributed by atoms with Gasteiger partial charge >= 0.3 is 0 Å². The summed E-state index contributed by atoms with van der Waals surface area (Å²) in [6, 6.07) is 5.00. The Morgan fingerprint density at radius 1 is 1.38 bits per heavy atom. The van der Waals surface area contributed by atoms with E-state index in [0.29, 0.717) is 28.8 Å². The minimum Gasteiger partial charge on any atom is -0.492 e. The minimum absolute atomic E-state index is 0.0402. The number of hydrogen-bond donors (Lipinski definition) is 0. The molecule has 0 atom stereocenters. The zero-order valence-electron chi connectivity index (χ0n) is 9.30. The van der Waals surface area contributed by atoms with Gasteiger partial charge < -0.3 is 4.74 Å². The van der Waals surface area contributed by atoms with Gasteiger partial charge in [0.25, 0.3) is 0 Å². The molecule has 0 radical (unpaired) electrons. The van der Waals surface area contributed by atoms with E-state index in [1.807, 2.05) is 13.8 Å². The van der Waals surface area contributed by atoms with Crippen LogP contribution in [0.2, 0.25) is 10.0 Å². The van der Waals surface area contributed by atoms with E-state index >= 15 is 0 Å². The van der Waals surface area contributed by atoms with Gasteiger partial charge in [0.2, 0.25) is 0 Å². The van der Waals surface area contributed by atoms with Crippen LogP contribution in [0.15, 0.2) is 18.2 Å². The Morgan fingerprint density at radius 2 is 2.06 bits per heavy atom. The minimum atomic E-state index is 0.0402. The fourth-order valence-electron chi connectivity index (χ4n) is 1.14. The highest BCUT2D eigenvalue weighted by molar-refractivity contribution is 6.34. The molecule has 0 bridgehead atoms. The van der Waals surface area contributed by atoms with E-state index in [0.717, 1.165) is 0 Å². The van der Waals surface area contributed by atoms with Crippen molar-refractivity contribution in [2.45, 2.75) is 20.3 Å². The van der Waals surface area contributed by atoms with Crippen LogP contribution in [-0.4, -0.2) is 12.4 Å². The first-order valence-corrected chi connectivity index (χ1v) is 5.87. The predicted molar refractivity (Wildman–Crippen MR) is 66.4 cm³/mol. The summed E-state index contributed by atoms with van der Waals surface area (Å²) in [5.74, 6) is 0.738. The number of benzene rings is 1. The van der Waals surface area contributed by atoms with E-state index in [1.54, 1.807) is 18.2 Å². The van der Waals surface area contributed by atoms with Gasteiger partial charge in [-0.1, -0.05) is 37.0 Å². The van der Waals surface area contributed by atoms with Gasteiger partial charge in [-0.2, -0.15) is 0 Å². The third-order valence-corrected chi connectivity index (χ3v) is 2.69. The second-order valence-corrected chi connectivity index (χ2v) is 4.64. The summed E-state index contributed by atoms with van der Waals surface area (Å²) >= 11 is 11.7. The zero-order chi connectivity index (χ0) is 12.1. The Balaban J connectivity index is 2.49. The number of rotatable bonds is 5. The van der Waals surface area contributed by atoms with Crippen molar-refractivity contribution in [1.29, 1.82) is 0 Å². The van der Waals surface area contributed by atoms with Crippen LogP contribution < -0.4 is 4.74 Å². The first kappa shape index (κ1) is 13.3. The molecule has 0 aliphatic heterocycles. The Morgan fingerprint density at radius 3 is 2.69 bits per heavy atom. The van der Waals surface area contributed by atoms with E-state index in [2.05, 4.69) is 0 Å². The summed E-state index contributed by atoms with van der Waals surface area (Å²) in [5.41, 5.74) is 0. The summed E-state index contributed by atoms with van der Waals surface area (Å²) in [5, 5.41) is 1.07. The molecular formula is C12H14Cl2O2. The van der Waals surface area contributed by atoms with Crippen molar-refractivity contribution in [3.63, 3.8) is 0 Å². The molecule has 1 rings (SSSR count). The molecule has 0 unspecified atom stereocenters. The summed E-state index contributed by atoms with van der Waals surface area (Å²) in [6.45, 7) is 4.07. The molecule has 88 valence electrons. The highest BCUT2D eigenvalue weighted by Gasteiger charge is 2.08. The second kappa shape index (κ2) is 6.12. The number of carbonyl (C=O) groups is 1. The molecule has 16 heavy (non-hydrogen) atoms. The maximum Gasteiger partial charge on any atom is 0.139 e. The smallest absolute Gasteiger partial charge is 0.139 e. The SMILES string of the molecule is CC(C)C(=O)CCOc1cc(Cl)ccc1Cl. The number of ketones is 1. The predicted octanol–water partition coefficient (Wildman–Crippen LogP) is 3.99. The molecule has 0 aliphatic rings. The first-order chi connectivity index (χ1) is 7.50. The van der Waals surface area contributed by atoms with Gasteiger partial charge in [-0.3, -0.25) is 4.79 Å². The Kier molecular flexibility index (Phi) is 5.10. The third-order valence-electron chi connectivity index (χ3n) is 2.14. The number of Topliss-reactive ketones (excluding diaryl/α,β-unsaturated/α-hetero) is 1. The lowest BCUT2D eigenvalue weighted by Crippen LogP contribution is -2.11. The maximum absolute atomic E-state index is 11.3. The number of halogens is 2. The van der Waals surface area contributed by atoms with Crippen LogP contribution in [-0.2, 0) is 4.79 Å². The summed E-state index contributed by atoms with van der Waals surface area (Å²) in [7, 11) is 0. The lowest BCUT2D eigenvalue weighted by Gasteiger charge is -2.08. The van der Waals surface area contributed by atoms with Crippen molar-refractivity contribution in [1.82, 2.24) is 0 Å². The molecule has 0 fully saturated rings. The van der Waals surface area contributed by atoms with Gasteiger partial charge in [0.1, 0.15) is 11.5 Å². The third kappa shape index (κ3) is 4.03. The quantitative estimate of drug-likeness (QED) is 0.801. The van der Waals surface area contributed by atoms with Crippen LogP contribution in [0.3, 0.4) is 0 Å². The van der Waals surface area contributed by atoms with Crippen LogP contribution in [0.1, 0.15) is 20.3 Å². The van der Waals surface area contributed by atoms with Crippen molar-refractivity contribution in [2.24, 2.45) is 5.92 Å². The van der Waals surface area contributed by atoms with E-state index in [4.69, 9.17) is 27.9 Å². The Labute approximate surface area is 106 Å². The summed E-state index contributed by atoms with van der Waals surface area (Å²) in [6.07, 6.45) is 0.389. The largest absolute Gasteiger partial charge is 0.492 e. The van der Waals surface area contributed by atoms with Crippen LogP contribution in [0, 0.1) is 5.92 Å². The normalized spacial score (nSPS) is 10.6. The molecule has 1 aromatic carbocycles. The first-order valence-electron chi connectivity index (χ1n) is 5.11. The van der Waals surface area contributed by atoms with E-state index in [1.165, 1.54) is 0 Å². The molecule has 1 aromatic rings. The average Bonchev–Trinajstić information content (AvgIpc) is 2.22. The number of carbonyl (C=O) groups excluding carboxylic acids is 1. The summed E-state index contributed by atoms with van der Waals surface area (Å²) < 4.78 is 5.40. The van der Waals surface area contributed by atoms with Gasteiger partial charge in [0.05, 0.1) is 11.6 Å². The van der Waals surface area contributed by atoms with Gasteiger partial charge in [-0.05, 0) is 12.1 Å². The van der Waals surface area contributed by atoms with E-state index in [-0.39, 0.29) is 11.7 Å².